The van der Waals surface area contributed by atoms with E-state index in [1.165, 1.54) is 7.11 Å². The molecule has 0 bridgehead atoms. The van der Waals surface area contributed by atoms with Crippen LogP contribution in [0.4, 0.5) is 0 Å². The van der Waals surface area contributed by atoms with E-state index in [0.717, 1.165) is 5.56 Å². The Balaban J connectivity index is 2.32. The van der Waals surface area contributed by atoms with Gasteiger partial charge in [-0.3, -0.25) is 0 Å². The third-order valence-corrected chi connectivity index (χ3v) is 2.64. The average molecular weight is 261 g/mol. The van der Waals surface area contributed by atoms with Gasteiger partial charge in [0.1, 0.15) is 0 Å². The van der Waals surface area contributed by atoms with E-state index < -0.39 is 0 Å². The normalized spacial score (nSPS) is 10.3. The molecule has 0 fully saturated rings. The molecule has 19 heavy (non-hydrogen) atoms. The van der Waals surface area contributed by atoms with Gasteiger partial charge in [-0.25, -0.2) is 4.98 Å². The Hall–Kier alpha value is -2.11. The molecule has 0 amide bonds. The van der Waals surface area contributed by atoms with Gasteiger partial charge in [0.05, 0.1) is 20.3 Å². The molecule has 0 aliphatic carbocycles. The number of aliphatic hydroxyl groups excluding tert-OH is 2. The zero-order chi connectivity index (χ0) is 13.7. The summed E-state index contributed by atoms with van der Waals surface area (Å²) in [5.74, 6) is 1.31. The molecular weight excluding hydrogens is 246 g/mol. The number of hydrogen-bond acceptors (Lipinski definition) is 5. The molecule has 1 heterocycles. The quantitative estimate of drug-likeness (QED) is 0.859. The van der Waals surface area contributed by atoms with E-state index in [9.17, 15) is 5.11 Å². The lowest BCUT2D eigenvalue weighted by Gasteiger charge is -2.12. The van der Waals surface area contributed by atoms with Crippen LogP contribution in [-0.4, -0.2) is 22.3 Å². The minimum atomic E-state index is -0.153. The molecule has 5 heteroatoms. The lowest BCUT2D eigenvalue weighted by molar-refractivity contribution is 0.273. The molecule has 2 aromatic rings. The number of benzene rings is 1. The van der Waals surface area contributed by atoms with Gasteiger partial charge in [0.15, 0.2) is 11.5 Å². The highest BCUT2D eigenvalue weighted by Gasteiger charge is 2.10. The molecule has 0 aliphatic heterocycles. The molecule has 0 radical (unpaired) electrons. The maximum Gasteiger partial charge on any atom is 0.224 e. The molecule has 1 aromatic heterocycles. The molecule has 0 spiro atoms. The fourth-order valence-corrected chi connectivity index (χ4v) is 1.64. The minimum absolute atomic E-state index is 0.0673. The van der Waals surface area contributed by atoms with Gasteiger partial charge in [0.2, 0.25) is 5.88 Å². The Morgan fingerprint density at radius 3 is 2.63 bits per heavy atom. The molecule has 0 atom stereocenters. The van der Waals surface area contributed by atoms with Crippen molar-refractivity contribution in [1.29, 1.82) is 0 Å². The van der Waals surface area contributed by atoms with Crippen molar-refractivity contribution in [3.05, 3.63) is 47.7 Å². The van der Waals surface area contributed by atoms with E-state index in [-0.39, 0.29) is 13.2 Å². The Labute approximate surface area is 111 Å². The van der Waals surface area contributed by atoms with Gasteiger partial charge in [-0.15, -0.1) is 0 Å². The number of rotatable bonds is 5. The smallest absolute Gasteiger partial charge is 0.224 e. The molecule has 5 nitrogen and oxygen atoms in total. The predicted octanol–water partition coefficient (Wildman–Crippen LogP) is 1.87. The second-order valence-electron chi connectivity index (χ2n) is 3.87. The summed E-state index contributed by atoms with van der Waals surface area (Å²) in [6.07, 6.45) is 1.59. The molecule has 2 N–H and O–H groups in total. The lowest BCUT2D eigenvalue weighted by atomic mass is 10.2. The molecule has 0 saturated carbocycles. The molecule has 0 saturated heterocycles. The van der Waals surface area contributed by atoms with E-state index in [2.05, 4.69) is 4.98 Å². The molecule has 0 unspecified atom stereocenters. The monoisotopic (exact) mass is 261 g/mol. The zero-order valence-electron chi connectivity index (χ0n) is 10.5. The zero-order valence-corrected chi connectivity index (χ0v) is 10.5. The van der Waals surface area contributed by atoms with Crippen LogP contribution in [0.15, 0.2) is 36.5 Å². The van der Waals surface area contributed by atoms with Crippen molar-refractivity contribution in [1.82, 2.24) is 4.98 Å². The number of pyridine rings is 1. The fraction of sp³-hybridized carbons (Fsp3) is 0.214. The highest BCUT2D eigenvalue weighted by Crippen LogP contribution is 2.32. The summed E-state index contributed by atoms with van der Waals surface area (Å²) >= 11 is 0. The van der Waals surface area contributed by atoms with E-state index in [0.29, 0.717) is 22.9 Å². The van der Waals surface area contributed by atoms with E-state index in [1.54, 1.807) is 36.5 Å². The Morgan fingerprint density at radius 2 is 1.95 bits per heavy atom. The highest BCUT2D eigenvalue weighted by atomic mass is 16.5. The van der Waals surface area contributed by atoms with Crippen LogP contribution < -0.4 is 9.47 Å². The van der Waals surface area contributed by atoms with Crippen molar-refractivity contribution < 1.29 is 19.7 Å². The van der Waals surface area contributed by atoms with Gasteiger partial charge in [0.25, 0.3) is 0 Å². The van der Waals surface area contributed by atoms with Crippen molar-refractivity contribution >= 4 is 0 Å². The Kier molecular flexibility index (Phi) is 4.33. The van der Waals surface area contributed by atoms with E-state index in [1.807, 2.05) is 0 Å². The van der Waals surface area contributed by atoms with Crippen LogP contribution >= 0.6 is 0 Å². The van der Waals surface area contributed by atoms with Gasteiger partial charge in [0, 0.05) is 11.8 Å². The van der Waals surface area contributed by atoms with Crippen molar-refractivity contribution in [2.24, 2.45) is 0 Å². The number of hydrogen-bond donors (Lipinski definition) is 2. The summed E-state index contributed by atoms with van der Waals surface area (Å²) in [6, 6.07) is 8.58. The standard InChI is InChI=1S/C14H15NO4/c1-18-13-7-10(8-16)4-5-12(13)19-14-11(9-17)3-2-6-15-14/h2-7,16-17H,8-9H2,1H3. The first-order valence-electron chi connectivity index (χ1n) is 5.79. The number of aromatic nitrogens is 1. The molecular formula is C14H15NO4. The first-order valence-corrected chi connectivity index (χ1v) is 5.79. The summed E-state index contributed by atoms with van der Waals surface area (Å²) in [6.45, 7) is -0.220. The summed E-state index contributed by atoms with van der Waals surface area (Å²) in [5.41, 5.74) is 1.32. The van der Waals surface area contributed by atoms with Gasteiger partial charge in [-0.1, -0.05) is 6.07 Å². The van der Waals surface area contributed by atoms with Crippen molar-refractivity contribution in [3.63, 3.8) is 0 Å². The Bertz CT molecular complexity index is 557. The van der Waals surface area contributed by atoms with Crippen LogP contribution in [0.3, 0.4) is 0 Å². The second kappa shape index (κ2) is 6.17. The SMILES string of the molecule is COc1cc(CO)ccc1Oc1ncccc1CO. The number of methoxy groups -OCH3 is 1. The van der Waals surface area contributed by atoms with Crippen LogP contribution in [0.2, 0.25) is 0 Å². The second-order valence-corrected chi connectivity index (χ2v) is 3.87. The molecule has 1 aromatic carbocycles. The lowest BCUT2D eigenvalue weighted by Crippen LogP contribution is -1.97. The predicted molar refractivity (Wildman–Crippen MR) is 69.2 cm³/mol. The van der Waals surface area contributed by atoms with Gasteiger partial charge in [-0.2, -0.15) is 0 Å². The minimum Gasteiger partial charge on any atom is -0.493 e. The summed E-state index contributed by atoms with van der Waals surface area (Å²) < 4.78 is 10.9. The molecule has 100 valence electrons. The van der Waals surface area contributed by atoms with Crippen LogP contribution in [0.25, 0.3) is 0 Å². The topological polar surface area (TPSA) is 71.8 Å². The summed E-state index contributed by atoms with van der Waals surface area (Å²) in [7, 11) is 1.52. The summed E-state index contributed by atoms with van der Waals surface area (Å²) in [4.78, 5) is 4.08. The first-order chi connectivity index (χ1) is 9.28. The van der Waals surface area contributed by atoms with Crippen molar-refractivity contribution in [2.75, 3.05) is 7.11 Å². The van der Waals surface area contributed by atoms with Gasteiger partial charge >= 0.3 is 0 Å². The molecule has 0 aliphatic rings. The maximum atomic E-state index is 9.22. The summed E-state index contributed by atoms with van der Waals surface area (Å²) in [5, 5.41) is 18.3. The maximum absolute atomic E-state index is 9.22. The van der Waals surface area contributed by atoms with Crippen molar-refractivity contribution in [3.8, 4) is 17.4 Å². The van der Waals surface area contributed by atoms with E-state index >= 15 is 0 Å². The third-order valence-electron chi connectivity index (χ3n) is 2.64. The van der Waals surface area contributed by atoms with Crippen LogP contribution in [0.1, 0.15) is 11.1 Å². The number of aliphatic hydroxyl groups is 2. The first kappa shape index (κ1) is 13.3. The highest BCUT2D eigenvalue weighted by molar-refractivity contribution is 5.45. The van der Waals surface area contributed by atoms with Gasteiger partial charge < -0.3 is 19.7 Å². The third kappa shape index (κ3) is 3.01. The molecule has 2 rings (SSSR count). The van der Waals surface area contributed by atoms with Gasteiger partial charge in [-0.05, 0) is 29.8 Å². The van der Waals surface area contributed by atoms with Crippen LogP contribution in [0.5, 0.6) is 17.4 Å². The largest absolute Gasteiger partial charge is 0.493 e. The van der Waals surface area contributed by atoms with Crippen LogP contribution in [-0.2, 0) is 13.2 Å². The van der Waals surface area contributed by atoms with Crippen molar-refractivity contribution in [2.45, 2.75) is 13.2 Å². The van der Waals surface area contributed by atoms with Crippen LogP contribution in [0, 0.1) is 0 Å². The average Bonchev–Trinajstić information content (AvgIpc) is 2.48. The van der Waals surface area contributed by atoms with E-state index in [4.69, 9.17) is 14.6 Å². The number of ether oxygens (including phenoxy) is 2. The Morgan fingerprint density at radius 1 is 1.11 bits per heavy atom. The fourth-order valence-electron chi connectivity index (χ4n) is 1.64. The number of nitrogens with zero attached hydrogens (tertiary/aromatic N) is 1.